The highest BCUT2D eigenvalue weighted by Gasteiger charge is 2.17. The maximum absolute atomic E-state index is 5.82. The molecule has 0 atom stereocenters. The second-order valence-electron chi connectivity index (χ2n) is 4.20. The van der Waals surface area contributed by atoms with Crippen LogP contribution in [0.5, 0.6) is 5.88 Å². The van der Waals surface area contributed by atoms with Crippen molar-refractivity contribution in [3.05, 3.63) is 17.8 Å². The van der Waals surface area contributed by atoms with Gasteiger partial charge in [-0.2, -0.15) is 0 Å². The minimum absolute atomic E-state index is 0.580. The van der Waals surface area contributed by atoms with E-state index in [2.05, 4.69) is 4.98 Å². The van der Waals surface area contributed by atoms with Crippen molar-refractivity contribution in [1.29, 1.82) is 0 Å². The predicted molar refractivity (Wildman–Crippen MR) is 61.0 cm³/mol. The van der Waals surface area contributed by atoms with Crippen molar-refractivity contribution in [2.45, 2.75) is 38.0 Å². The number of nitrogens with two attached hydrogens (primary N) is 1. The average molecular weight is 206 g/mol. The number of aromatic nitrogens is 1. The largest absolute Gasteiger partial charge is 0.481 e. The SMILES string of the molecule is COc1cc(N)cc(C2CCCCC2)n1. The zero-order chi connectivity index (χ0) is 10.7. The lowest BCUT2D eigenvalue weighted by Crippen LogP contribution is -2.07. The molecular formula is C12H18N2O. The predicted octanol–water partition coefficient (Wildman–Crippen LogP) is 2.72. The van der Waals surface area contributed by atoms with Gasteiger partial charge in [-0.3, -0.25) is 0 Å². The van der Waals surface area contributed by atoms with Crippen LogP contribution >= 0.6 is 0 Å². The first-order chi connectivity index (χ1) is 7.29. The van der Waals surface area contributed by atoms with Gasteiger partial charge in [-0.05, 0) is 18.9 Å². The molecule has 1 aliphatic rings. The fourth-order valence-electron chi connectivity index (χ4n) is 2.26. The number of nitrogens with zero attached hydrogens (tertiary/aromatic N) is 1. The van der Waals surface area contributed by atoms with Crippen LogP contribution in [0.2, 0.25) is 0 Å². The summed E-state index contributed by atoms with van der Waals surface area (Å²) in [5.74, 6) is 1.21. The van der Waals surface area contributed by atoms with Gasteiger partial charge in [-0.15, -0.1) is 0 Å². The third-order valence-corrected chi connectivity index (χ3v) is 3.08. The van der Waals surface area contributed by atoms with Gasteiger partial charge in [0.2, 0.25) is 5.88 Å². The monoisotopic (exact) mass is 206 g/mol. The second-order valence-corrected chi connectivity index (χ2v) is 4.20. The molecule has 1 aromatic rings. The van der Waals surface area contributed by atoms with Crippen LogP contribution in [0.3, 0.4) is 0 Å². The first-order valence-corrected chi connectivity index (χ1v) is 5.61. The van der Waals surface area contributed by atoms with Gasteiger partial charge in [-0.25, -0.2) is 4.98 Å². The highest BCUT2D eigenvalue weighted by Crippen LogP contribution is 2.33. The molecule has 1 fully saturated rings. The van der Waals surface area contributed by atoms with E-state index in [0.29, 0.717) is 11.8 Å². The molecule has 2 N–H and O–H groups in total. The molecule has 1 saturated carbocycles. The van der Waals surface area contributed by atoms with E-state index in [1.54, 1.807) is 13.2 Å². The molecule has 82 valence electrons. The van der Waals surface area contributed by atoms with E-state index in [4.69, 9.17) is 10.5 Å². The highest BCUT2D eigenvalue weighted by molar-refractivity contribution is 5.43. The summed E-state index contributed by atoms with van der Waals surface area (Å²) in [6.45, 7) is 0. The topological polar surface area (TPSA) is 48.1 Å². The van der Waals surface area contributed by atoms with Crippen LogP contribution in [-0.2, 0) is 0 Å². The van der Waals surface area contributed by atoms with Crippen LogP contribution in [0.4, 0.5) is 5.69 Å². The van der Waals surface area contributed by atoms with Gasteiger partial charge in [0, 0.05) is 23.4 Å². The normalized spacial score (nSPS) is 17.7. The summed E-state index contributed by atoms with van der Waals surface area (Å²) in [5.41, 5.74) is 7.68. The van der Waals surface area contributed by atoms with E-state index in [9.17, 15) is 0 Å². The van der Waals surface area contributed by atoms with Gasteiger partial charge in [0.1, 0.15) is 0 Å². The first-order valence-electron chi connectivity index (χ1n) is 5.61. The van der Waals surface area contributed by atoms with Crippen LogP contribution in [0.15, 0.2) is 12.1 Å². The Kier molecular flexibility index (Phi) is 3.09. The first kappa shape index (κ1) is 10.3. The molecular weight excluding hydrogens is 188 g/mol. The van der Waals surface area contributed by atoms with Crippen LogP contribution in [0.25, 0.3) is 0 Å². The third-order valence-electron chi connectivity index (χ3n) is 3.08. The molecule has 0 bridgehead atoms. The number of hydrogen-bond donors (Lipinski definition) is 1. The maximum atomic E-state index is 5.82. The fraction of sp³-hybridized carbons (Fsp3) is 0.583. The summed E-state index contributed by atoms with van der Waals surface area (Å²) in [4.78, 5) is 4.47. The molecule has 0 spiro atoms. The van der Waals surface area contributed by atoms with E-state index >= 15 is 0 Å². The molecule has 1 aromatic heterocycles. The van der Waals surface area contributed by atoms with Crippen LogP contribution in [0.1, 0.15) is 43.7 Å². The molecule has 0 radical (unpaired) electrons. The Morgan fingerprint density at radius 2 is 2.00 bits per heavy atom. The molecule has 0 saturated heterocycles. The van der Waals surface area contributed by atoms with Crippen LogP contribution in [-0.4, -0.2) is 12.1 Å². The minimum Gasteiger partial charge on any atom is -0.481 e. The quantitative estimate of drug-likeness (QED) is 0.809. The number of pyridine rings is 1. The smallest absolute Gasteiger partial charge is 0.215 e. The van der Waals surface area contributed by atoms with E-state index < -0.39 is 0 Å². The minimum atomic E-state index is 0.580. The molecule has 1 heterocycles. The Hall–Kier alpha value is -1.25. The lowest BCUT2D eigenvalue weighted by Gasteiger charge is -2.21. The molecule has 0 aromatic carbocycles. The number of rotatable bonds is 2. The Labute approximate surface area is 90.7 Å². The number of methoxy groups -OCH3 is 1. The summed E-state index contributed by atoms with van der Waals surface area (Å²) < 4.78 is 5.14. The summed E-state index contributed by atoms with van der Waals surface area (Å²) in [7, 11) is 1.63. The summed E-state index contributed by atoms with van der Waals surface area (Å²) >= 11 is 0. The van der Waals surface area contributed by atoms with Crippen molar-refractivity contribution >= 4 is 5.69 Å². The molecule has 0 aliphatic heterocycles. The van der Waals surface area contributed by atoms with Gasteiger partial charge in [0.05, 0.1) is 7.11 Å². The van der Waals surface area contributed by atoms with E-state index in [1.807, 2.05) is 6.07 Å². The Balaban J connectivity index is 2.22. The second kappa shape index (κ2) is 4.51. The Bertz CT molecular complexity index is 332. The Morgan fingerprint density at radius 3 is 2.67 bits per heavy atom. The Morgan fingerprint density at radius 1 is 1.27 bits per heavy atom. The molecule has 3 heteroatoms. The summed E-state index contributed by atoms with van der Waals surface area (Å²) in [6.07, 6.45) is 6.45. The third kappa shape index (κ3) is 2.41. The van der Waals surface area contributed by atoms with Crippen molar-refractivity contribution in [3.63, 3.8) is 0 Å². The van der Waals surface area contributed by atoms with Gasteiger partial charge in [0.25, 0.3) is 0 Å². The zero-order valence-corrected chi connectivity index (χ0v) is 9.20. The molecule has 0 amide bonds. The summed E-state index contributed by atoms with van der Waals surface area (Å²) in [6, 6.07) is 3.75. The zero-order valence-electron chi connectivity index (χ0n) is 9.20. The molecule has 15 heavy (non-hydrogen) atoms. The number of hydrogen-bond acceptors (Lipinski definition) is 3. The van der Waals surface area contributed by atoms with Crippen molar-refractivity contribution in [2.24, 2.45) is 0 Å². The van der Waals surface area contributed by atoms with Crippen LogP contribution in [0, 0.1) is 0 Å². The molecule has 3 nitrogen and oxygen atoms in total. The lowest BCUT2D eigenvalue weighted by atomic mass is 9.86. The number of anilines is 1. The van der Waals surface area contributed by atoms with Gasteiger partial charge in [-0.1, -0.05) is 19.3 Å². The molecule has 0 unspecified atom stereocenters. The van der Waals surface area contributed by atoms with Gasteiger partial charge < -0.3 is 10.5 Å². The van der Waals surface area contributed by atoms with E-state index in [1.165, 1.54) is 32.1 Å². The maximum Gasteiger partial charge on any atom is 0.215 e. The summed E-state index contributed by atoms with van der Waals surface area (Å²) in [5, 5.41) is 0. The van der Waals surface area contributed by atoms with Gasteiger partial charge >= 0.3 is 0 Å². The van der Waals surface area contributed by atoms with E-state index in [-0.39, 0.29) is 0 Å². The van der Waals surface area contributed by atoms with Crippen molar-refractivity contribution in [2.75, 3.05) is 12.8 Å². The fourth-order valence-corrected chi connectivity index (χ4v) is 2.26. The van der Waals surface area contributed by atoms with Crippen molar-refractivity contribution < 1.29 is 4.74 Å². The molecule has 2 rings (SSSR count). The van der Waals surface area contributed by atoms with E-state index in [0.717, 1.165) is 11.4 Å². The number of ether oxygens (including phenoxy) is 1. The average Bonchev–Trinajstić information content (AvgIpc) is 2.29. The lowest BCUT2D eigenvalue weighted by molar-refractivity contribution is 0.388. The standard InChI is InChI=1S/C12H18N2O/c1-15-12-8-10(13)7-11(14-12)9-5-3-2-4-6-9/h7-9H,2-6H2,1H3,(H2,13,14). The highest BCUT2D eigenvalue weighted by atomic mass is 16.5. The van der Waals surface area contributed by atoms with Gasteiger partial charge in [0.15, 0.2) is 0 Å². The van der Waals surface area contributed by atoms with Crippen LogP contribution < -0.4 is 10.5 Å². The van der Waals surface area contributed by atoms with Crippen molar-refractivity contribution in [3.8, 4) is 5.88 Å². The number of nitrogen functional groups attached to an aromatic ring is 1. The molecule has 1 aliphatic carbocycles. The van der Waals surface area contributed by atoms with Crippen molar-refractivity contribution in [1.82, 2.24) is 4.98 Å².